The Bertz CT molecular complexity index is 599. The van der Waals surface area contributed by atoms with Crippen molar-refractivity contribution >= 4 is 20.2 Å². The van der Waals surface area contributed by atoms with Gasteiger partial charge in [0.05, 0.1) is 6.26 Å². The number of rotatable bonds is 3. The van der Waals surface area contributed by atoms with Gasteiger partial charge in [-0.2, -0.15) is 16.8 Å². The highest BCUT2D eigenvalue weighted by atomic mass is 32.2. The number of hydrogen-bond acceptors (Lipinski definition) is 5. The summed E-state index contributed by atoms with van der Waals surface area (Å²) >= 11 is 0. The topological polar surface area (TPSA) is 97.4 Å². The largest absolute Gasteiger partial charge is 0.382 e. The molecular weight excluding hydrogens is 256 g/mol. The molecule has 0 fully saturated rings. The molecule has 0 saturated heterocycles. The zero-order valence-electron chi connectivity index (χ0n) is 8.50. The van der Waals surface area contributed by atoms with Gasteiger partial charge in [0.1, 0.15) is 10.6 Å². The Hall–Kier alpha value is -1.12. The van der Waals surface area contributed by atoms with Crippen LogP contribution in [0, 0.1) is 6.92 Å². The Morgan fingerprint density at radius 1 is 1.12 bits per heavy atom. The van der Waals surface area contributed by atoms with Crippen molar-refractivity contribution in [1.82, 2.24) is 0 Å². The third-order valence-corrected chi connectivity index (χ3v) is 3.00. The van der Waals surface area contributed by atoms with E-state index in [2.05, 4.69) is 4.18 Å². The highest BCUT2D eigenvalue weighted by Crippen LogP contribution is 2.23. The van der Waals surface area contributed by atoms with Crippen LogP contribution in [-0.2, 0) is 24.8 Å². The third-order valence-electron chi connectivity index (χ3n) is 1.69. The average Bonchev–Trinajstić information content (AvgIpc) is 2.04. The maximum Gasteiger partial charge on any atom is 0.324 e. The van der Waals surface area contributed by atoms with Crippen molar-refractivity contribution in [2.45, 2.75) is 11.8 Å². The maximum absolute atomic E-state index is 10.9. The Balaban J connectivity index is 3.31. The van der Waals surface area contributed by atoms with E-state index in [1.807, 2.05) is 0 Å². The Kier molecular flexibility index (Phi) is 3.27. The monoisotopic (exact) mass is 265 g/mol. The van der Waals surface area contributed by atoms with Gasteiger partial charge in [0, 0.05) is 6.07 Å². The average molecular weight is 265 g/mol. The summed E-state index contributed by atoms with van der Waals surface area (Å²) in [5.41, 5.74) is 0.415. The minimum atomic E-state index is -4.62. The lowest BCUT2D eigenvalue weighted by Crippen LogP contribution is -2.07. The van der Waals surface area contributed by atoms with E-state index >= 15 is 0 Å². The SMILES string of the molecule is Cc1ccc(S([O])(=O)=O)cc1OS(C)(=O)=O. The minimum absolute atomic E-state index is 0.167. The van der Waals surface area contributed by atoms with E-state index in [9.17, 15) is 21.4 Å². The van der Waals surface area contributed by atoms with Gasteiger partial charge in [0.2, 0.25) is 0 Å². The summed E-state index contributed by atoms with van der Waals surface area (Å²) in [6, 6.07) is 3.27. The molecule has 0 saturated carbocycles. The summed E-state index contributed by atoms with van der Waals surface area (Å²) in [6.45, 7) is 1.53. The van der Waals surface area contributed by atoms with Crippen molar-refractivity contribution in [3.05, 3.63) is 23.8 Å². The van der Waals surface area contributed by atoms with Gasteiger partial charge in [0.25, 0.3) is 0 Å². The highest BCUT2D eigenvalue weighted by molar-refractivity contribution is 7.86. The molecule has 0 bridgehead atoms. The third kappa shape index (κ3) is 3.47. The molecular formula is C8H9O6S2. The van der Waals surface area contributed by atoms with Crippen LogP contribution in [0.4, 0.5) is 0 Å². The molecule has 6 nitrogen and oxygen atoms in total. The number of hydrogen-bond donors (Lipinski definition) is 0. The van der Waals surface area contributed by atoms with Crippen LogP contribution in [0.1, 0.15) is 5.56 Å². The first kappa shape index (κ1) is 12.9. The van der Waals surface area contributed by atoms with Crippen molar-refractivity contribution in [3.63, 3.8) is 0 Å². The maximum atomic E-state index is 10.9. The van der Waals surface area contributed by atoms with E-state index in [1.54, 1.807) is 0 Å². The van der Waals surface area contributed by atoms with Crippen LogP contribution < -0.4 is 4.18 Å². The summed E-state index contributed by atoms with van der Waals surface area (Å²) in [5, 5.41) is 0. The molecule has 0 unspecified atom stereocenters. The fraction of sp³-hybridized carbons (Fsp3) is 0.250. The van der Waals surface area contributed by atoms with Crippen molar-refractivity contribution in [1.29, 1.82) is 0 Å². The molecule has 1 radical (unpaired) electrons. The van der Waals surface area contributed by atoms with Gasteiger partial charge in [-0.15, -0.1) is 0 Å². The highest BCUT2D eigenvalue weighted by Gasteiger charge is 2.15. The van der Waals surface area contributed by atoms with Crippen molar-refractivity contribution in [2.75, 3.05) is 6.26 Å². The normalized spacial score (nSPS) is 12.4. The van der Waals surface area contributed by atoms with Crippen molar-refractivity contribution in [2.24, 2.45) is 0 Å². The van der Waals surface area contributed by atoms with Crippen molar-refractivity contribution < 1.29 is 25.6 Å². The van der Waals surface area contributed by atoms with Crippen LogP contribution in [0.5, 0.6) is 5.75 Å². The Labute approximate surface area is 93.7 Å². The van der Waals surface area contributed by atoms with Gasteiger partial charge in [-0.1, -0.05) is 10.6 Å². The van der Waals surface area contributed by atoms with E-state index in [1.165, 1.54) is 13.0 Å². The van der Waals surface area contributed by atoms with E-state index in [0.717, 1.165) is 18.4 Å². The smallest absolute Gasteiger partial charge is 0.324 e. The molecule has 0 N–H and O–H groups in total. The van der Waals surface area contributed by atoms with Gasteiger partial charge < -0.3 is 4.18 Å². The molecule has 1 rings (SSSR count). The Morgan fingerprint density at radius 3 is 2.12 bits per heavy atom. The zero-order valence-corrected chi connectivity index (χ0v) is 10.1. The van der Waals surface area contributed by atoms with Crippen LogP contribution in [0.3, 0.4) is 0 Å². The lowest BCUT2D eigenvalue weighted by atomic mass is 10.2. The molecule has 8 heteroatoms. The fourth-order valence-electron chi connectivity index (χ4n) is 0.989. The van der Waals surface area contributed by atoms with E-state index in [0.29, 0.717) is 5.56 Å². The van der Waals surface area contributed by atoms with Gasteiger partial charge in [-0.3, -0.25) is 0 Å². The molecule has 0 aliphatic carbocycles. The molecule has 89 valence electrons. The fourth-order valence-corrected chi connectivity index (χ4v) is 1.98. The van der Waals surface area contributed by atoms with Crippen LogP contribution in [0.15, 0.2) is 23.1 Å². The second-order valence-electron chi connectivity index (χ2n) is 3.17. The lowest BCUT2D eigenvalue weighted by molar-refractivity contribution is 0.413. The molecule has 16 heavy (non-hydrogen) atoms. The van der Waals surface area contributed by atoms with Gasteiger partial charge in [-0.05, 0) is 18.6 Å². The second kappa shape index (κ2) is 4.04. The molecule has 0 heterocycles. The molecule has 0 aliphatic rings. The molecule has 0 aliphatic heterocycles. The van der Waals surface area contributed by atoms with Gasteiger partial charge >= 0.3 is 20.2 Å². The lowest BCUT2D eigenvalue weighted by Gasteiger charge is -2.06. The first-order valence-corrected chi connectivity index (χ1v) is 7.28. The van der Waals surface area contributed by atoms with Crippen LogP contribution >= 0.6 is 0 Å². The summed E-state index contributed by atoms with van der Waals surface area (Å²) in [5.74, 6) is -0.167. The van der Waals surface area contributed by atoms with Crippen LogP contribution in [-0.4, -0.2) is 23.1 Å². The summed E-state index contributed by atoms with van der Waals surface area (Å²) in [4.78, 5) is -0.531. The molecule has 1 aromatic carbocycles. The first-order chi connectivity index (χ1) is 7.09. The quantitative estimate of drug-likeness (QED) is 0.739. The molecule has 0 atom stereocenters. The second-order valence-corrected chi connectivity index (χ2v) is 6.12. The predicted octanol–water partition coefficient (Wildman–Crippen LogP) is 0.453. The number of aryl methyl sites for hydroxylation is 1. The van der Waals surface area contributed by atoms with Gasteiger partial charge in [-0.25, -0.2) is 0 Å². The molecule has 0 aromatic heterocycles. The first-order valence-electron chi connectivity index (χ1n) is 4.05. The summed E-state index contributed by atoms with van der Waals surface area (Å²) in [6.07, 6.45) is 0.824. The predicted molar refractivity (Wildman–Crippen MR) is 54.5 cm³/mol. The van der Waals surface area contributed by atoms with E-state index in [4.69, 9.17) is 0 Å². The van der Waals surface area contributed by atoms with Gasteiger partial charge in [0.15, 0.2) is 0 Å². The summed E-state index contributed by atoms with van der Waals surface area (Å²) in [7, 11) is -8.38. The zero-order chi connectivity index (χ0) is 12.6. The van der Waals surface area contributed by atoms with Crippen LogP contribution in [0.25, 0.3) is 0 Å². The minimum Gasteiger partial charge on any atom is -0.382 e. The molecule has 0 spiro atoms. The molecule has 1 aromatic rings. The van der Waals surface area contributed by atoms with E-state index in [-0.39, 0.29) is 5.75 Å². The van der Waals surface area contributed by atoms with Crippen LogP contribution in [0.2, 0.25) is 0 Å². The standard InChI is InChI=1S/C8H9O6S2/c1-6-3-4-7(16(11,12)13)5-8(6)14-15(2,9)10/h3-5H,1-2H3. The summed E-state index contributed by atoms with van der Waals surface area (Å²) < 4.78 is 58.4. The molecule has 0 amide bonds. The number of benzene rings is 1. The Morgan fingerprint density at radius 2 is 1.69 bits per heavy atom. The van der Waals surface area contributed by atoms with E-state index < -0.39 is 25.1 Å². The van der Waals surface area contributed by atoms with Crippen molar-refractivity contribution in [3.8, 4) is 5.75 Å².